The average molecular weight is 394 g/mol. The van der Waals surface area contributed by atoms with Crippen LogP contribution < -0.4 is 0 Å². The van der Waals surface area contributed by atoms with E-state index in [9.17, 15) is 18.0 Å². The van der Waals surface area contributed by atoms with Crippen molar-refractivity contribution in [1.29, 1.82) is 0 Å². The second-order valence-corrected chi connectivity index (χ2v) is 7.05. The number of likely N-dealkylation sites (tertiary alicyclic amines) is 2. The van der Waals surface area contributed by atoms with E-state index in [0.717, 1.165) is 32.7 Å². The van der Waals surface area contributed by atoms with Crippen LogP contribution in [0.15, 0.2) is 16.8 Å². The highest BCUT2D eigenvalue weighted by Gasteiger charge is 2.45. The topological polar surface area (TPSA) is 70.1 Å². The van der Waals surface area contributed by atoms with Crippen molar-refractivity contribution in [3.8, 4) is 0 Å². The van der Waals surface area contributed by atoms with Gasteiger partial charge in [0.25, 0.3) is 0 Å². The van der Waals surface area contributed by atoms with E-state index >= 15 is 0 Å². The van der Waals surface area contributed by atoms with Gasteiger partial charge >= 0.3 is 12.1 Å². The molecule has 3 heterocycles. The van der Waals surface area contributed by atoms with E-state index in [1.807, 2.05) is 4.90 Å². The molecule has 2 aliphatic rings. The van der Waals surface area contributed by atoms with Crippen LogP contribution in [0.1, 0.15) is 5.56 Å². The number of aliphatic carboxylic acids is 1. The third kappa shape index (κ3) is 5.42. The number of halogens is 3. The number of carbonyl (C=O) groups excluding carboxylic acids is 1. The van der Waals surface area contributed by atoms with Gasteiger partial charge in [0, 0.05) is 45.8 Å². The molecule has 2 aliphatic heterocycles. The molecule has 0 unspecified atom stereocenters. The number of methoxy groups -OCH3 is 1. The Hall–Kier alpha value is -1.65. The Kier molecular flexibility index (Phi) is 7.01. The Bertz CT molecular complexity index is 609. The van der Waals surface area contributed by atoms with Gasteiger partial charge in [-0.15, -0.1) is 0 Å². The molecule has 1 N–H and O–H groups in total. The van der Waals surface area contributed by atoms with Crippen LogP contribution in [-0.2, 0) is 20.9 Å². The van der Waals surface area contributed by atoms with E-state index < -0.39 is 12.1 Å². The van der Waals surface area contributed by atoms with Gasteiger partial charge in [-0.05, 0) is 22.4 Å². The molecule has 146 valence electrons. The summed E-state index contributed by atoms with van der Waals surface area (Å²) < 4.78 is 36.8. The molecule has 1 aromatic rings. The van der Waals surface area contributed by atoms with Crippen molar-refractivity contribution < 1.29 is 32.6 Å². The van der Waals surface area contributed by atoms with Crippen LogP contribution in [0.3, 0.4) is 0 Å². The first-order valence-corrected chi connectivity index (χ1v) is 8.98. The number of nitrogens with zero attached hydrogens (tertiary/aromatic N) is 2. The van der Waals surface area contributed by atoms with Gasteiger partial charge in [-0.1, -0.05) is 0 Å². The molecule has 1 amide bonds. The van der Waals surface area contributed by atoms with Crippen LogP contribution in [0.4, 0.5) is 13.2 Å². The largest absolute Gasteiger partial charge is 0.490 e. The van der Waals surface area contributed by atoms with Crippen molar-refractivity contribution in [2.45, 2.75) is 12.7 Å². The van der Waals surface area contributed by atoms with Gasteiger partial charge in [0.15, 0.2) is 0 Å². The highest BCUT2D eigenvalue weighted by molar-refractivity contribution is 7.07. The maximum atomic E-state index is 12.3. The van der Waals surface area contributed by atoms with Crippen molar-refractivity contribution in [2.24, 2.45) is 11.8 Å². The highest BCUT2D eigenvalue weighted by atomic mass is 32.1. The molecule has 0 saturated carbocycles. The Morgan fingerprint density at radius 2 is 2.08 bits per heavy atom. The first kappa shape index (κ1) is 20.7. The third-order valence-electron chi connectivity index (χ3n) is 4.39. The molecule has 10 heteroatoms. The van der Waals surface area contributed by atoms with Crippen molar-refractivity contribution in [1.82, 2.24) is 9.80 Å². The van der Waals surface area contributed by atoms with Gasteiger partial charge in [-0.2, -0.15) is 24.5 Å². The lowest BCUT2D eigenvalue weighted by atomic mass is 10.0. The second-order valence-electron chi connectivity index (χ2n) is 6.27. The van der Waals surface area contributed by atoms with Gasteiger partial charge in [0.1, 0.15) is 0 Å². The van der Waals surface area contributed by atoms with Crippen LogP contribution in [0.25, 0.3) is 0 Å². The number of hydrogen-bond acceptors (Lipinski definition) is 5. The number of amides is 1. The van der Waals surface area contributed by atoms with Gasteiger partial charge in [-0.25, -0.2) is 4.79 Å². The first-order valence-electron chi connectivity index (χ1n) is 8.03. The van der Waals surface area contributed by atoms with Gasteiger partial charge < -0.3 is 14.7 Å². The molecule has 3 rings (SSSR count). The van der Waals surface area contributed by atoms with E-state index in [0.29, 0.717) is 18.4 Å². The molecule has 0 spiro atoms. The average Bonchev–Trinajstić information content (AvgIpc) is 3.25. The highest BCUT2D eigenvalue weighted by Crippen LogP contribution is 2.32. The number of ether oxygens (including phenoxy) is 1. The van der Waals surface area contributed by atoms with Crippen LogP contribution in [0.5, 0.6) is 0 Å². The molecule has 2 saturated heterocycles. The fraction of sp³-hybridized carbons (Fsp3) is 0.625. The fourth-order valence-electron chi connectivity index (χ4n) is 3.21. The van der Waals surface area contributed by atoms with Gasteiger partial charge in [0.2, 0.25) is 5.91 Å². The number of hydrogen-bond donors (Lipinski definition) is 1. The van der Waals surface area contributed by atoms with Crippen molar-refractivity contribution in [3.05, 3.63) is 22.4 Å². The van der Waals surface area contributed by atoms with Crippen LogP contribution in [0, 0.1) is 11.8 Å². The monoisotopic (exact) mass is 394 g/mol. The summed E-state index contributed by atoms with van der Waals surface area (Å²) in [5, 5.41) is 11.4. The Balaban J connectivity index is 0.000000298. The Morgan fingerprint density at radius 1 is 1.38 bits per heavy atom. The van der Waals surface area contributed by atoms with E-state index in [2.05, 4.69) is 21.7 Å². The summed E-state index contributed by atoms with van der Waals surface area (Å²) in [6.45, 7) is 5.25. The predicted molar refractivity (Wildman–Crippen MR) is 88.7 cm³/mol. The summed E-state index contributed by atoms with van der Waals surface area (Å²) in [5.74, 6) is -1.69. The molecule has 2 fully saturated rings. The normalized spacial score (nSPS) is 22.9. The molecule has 0 aliphatic carbocycles. The molecule has 0 radical (unpaired) electrons. The number of carboxylic acid groups (broad SMARTS) is 1. The molecule has 2 atom stereocenters. The lowest BCUT2D eigenvalue weighted by molar-refractivity contribution is -0.192. The zero-order chi connectivity index (χ0) is 19.3. The molecule has 0 aromatic carbocycles. The smallest absolute Gasteiger partial charge is 0.475 e. The summed E-state index contributed by atoms with van der Waals surface area (Å²) in [7, 11) is 1.68. The number of alkyl halides is 3. The number of fused-ring (bicyclic) bond motifs is 1. The number of carbonyl (C=O) groups is 2. The van der Waals surface area contributed by atoms with Gasteiger partial charge in [-0.3, -0.25) is 9.69 Å². The van der Waals surface area contributed by atoms with Crippen LogP contribution >= 0.6 is 11.3 Å². The number of carboxylic acids is 1. The molecule has 6 nitrogen and oxygen atoms in total. The molecule has 1 aromatic heterocycles. The minimum Gasteiger partial charge on any atom is -0.475 e. The maximum absolute atomic E-state index is 12.3. The second kappa shape index (κ2) is 8.83. The molecular weight excluding hydrogens is 373 g/mol. The number of thiophene rings is 1. The Morgan fingerprint density at radius 3 is 2.58 bits per heavy atom. The zero-order valence-corrected chi connectivity index (χ0v) is 15.1. The van der Waals surface area contributed by atoms with E-state index in [1.54, 1.807) is 18.4 Å². The first-order chi connectivity index (χ1) is 12.2. The van der Waals surface area contributed by atoms with E-state index in [1.165, 1.54) is 5.56 Å². The summed E-state index contributed by atoms with van der Waals surface area (Å²) in [5.41, 5.74) is 1.37. The van der Waals surface area contributed by atoms with Crippen molar-refractivity contribution in [2.75, 3.05) is 39.9 Å². The standard InChI is InChI=1S/C14H20N2O2S.C2HF3O2/c1-18-4-3-16-8-12-7-15(9-13(12)14(16)17)6-11-2-5-19-10-11;3-2(4,5)1(6)7/h2,5,10,12-13H,3-4,6-9H2,1H3;(H,6,7)/t12-,13-;/m0./s1. The van der Waals surface area contributed by atoms with E-state index in [4.69, 9.17) is 14.6 Å². The minimum absolute atomic E-state index is 0.218. The SMILES string of the molecule is COCCN1C[C@@H]2CN(Cc3ccsc3)C[C@@H]2C1=O.O=C(O)C(F)(F)F. The minimum atomic E-state index is -5.08. The van der Waals surface area contributed by atoms with E-state index in [-0.39, 0.29) is 5.92 Å². The van der Waals surface area contributed by atoms with Crippen molar-refractivity contribution >= 4 is 23.2 Å². The quantitative estimate of drug-likeness (QED) is 0.826. The summed E-state index contributed by atoms with van der Waals surface area (Å²) in [6.07, 6.45) is -5.08. The van der Waals surface area contributed by atoms with Crippen molar-refractivity contribution in [3.63, 3.8) is 0 Å². The zero-order valence-electron chi connectivity index (χ0n) is 14.2. The summed E-state index contributed by atoms with van der Waals surface area (Å²) in [6, 6.07) is 2.17. The third-order valence-corrected chi connectivity index (χ3v) is 5.13. The molecular formula is C16H21F3N2O4S. The predicted octanol–water partition coefficient (Wildman–Crippen LogP) is 1.92. The Labute approximate surface area is 153 Å². The summed E-state index contributed by atoms with van der Waals surface area (Å²) >= 11 is 1.74. The maximum Gasteiger partial charge on any atom is 0.490 e. The number of rotatable bonds is 5. The fourth-order valence-corrected chi connectivity index (χ4v) is 3.87. The summed E-state index contributed by atoms with van der Waals surface area (Å²) in [4.78, 5) is 25.6. The van der Waals surface area contributed by atoms with Crippen LogP contribution in [0.2, 0.25) is 0 Å². The lowest BCUT2D eigenvalue weighted by Gasteiger charge is -2.21. The lowest BCUT2D eigenvalue weighted by Crippen LogP contribution is -2.34. The van der Waals surface area contributed by atoms with Crippen LogP contribution in [-0.4, -0.2) is 72.9 Å². The van der Waals surface area contributed by atoms with Gasteiger partial charge in [0.05, 0.1) is 12.5 Å². The molecule has 0 bridgehead atoms. The molecule has 26 heavy (non-hydrogen) atoms.